The van der Waals surface area contributed by atoms with Gasteiger partial charge in [-0.25, -0.2) is 9.82 Å². The van der Waals surface area contributed by atoms with E-state index in [1.165, 1.54) is 36.2 Å². The van der Waals surface area contributed by atoms with E-state index in [0.29, 0.717) is 28.7 Å². The van der Waals surface area contributed by atoms with E-state index in [0.717, 1.165) is 0 Å². The van der Waals surface area contributed by atoms with E-state index >= 15 is 0 Å². The highest BCUT2D eigenvalue weighted by molar-refractivity contribution is 8.00. The minimum Gasteiger partial charge on any atom is -0.507 e. The van der Waals surface area contributed by atoms with E-state index in [1.54, 1.807) is 47.9 Å². The number of nitrogens with zero attached hydrogens (tertiary/aromatic N) is 4. The first-order valence-corrected chi connectivity index (χ1v) is 9.95. The van der Waals surface area contributed by atoms with E-state index in [1.807, 2.05) is 0 Å². The molecule has 154 valence electrons. The lowest BCUT2D eigenvalue weighted by Gasteiger charge is -2.11. The summed E-state index contributed by atoms with van der Waals surface area (Å²) in [6, 6.07) is 12.6. The fraction of sp³-hybridized carbons (Fsp3) is 0.143. The number of allylic oxidation sites excluding steroid dienone is 1. The zero-order valence-corrected chi connectivity index (χ0v) is 17.0. The molecule has 0 spiro atoms. The van der Waals surface area contributed by atoms with Gasteiger partial charge in [0.2, 0.25) is 0 Å². The Labute approximate surface area is 177 Å². The Morgan fingerprint density at radius 2 is 2.03 bits per heavy atom. The Kier molecular flexibility index (Phi) is 6.97. The van der Waals surface area contributed by atoms with Crippen molar-refractivity contribution in [2.75, 3.05) is 0 Å². The third-order valence-corrected chi connectivity index (χ3v) is 5.18. The lowest BCUT2D eigenvalue weighted by atomic mass is 10.2. The molecule has 7 nitrogen and oxygen atoms in total. The minimum absolute atomic E-state index is 0.0729. The summed E-state index contributed by atoms with van der Waals surface area (Å²) in [6.45, 7) is 5.91. The van der Waals surface area contributed by atoms with Crippen LogP contribution in [-0.2, 0) is 11.3 Å². The normalized spacial score (nSPS) is 12.1. The lowest BCUT2D eigenvalue weighted by Crippen LogP contribution is -2.27. The summed E-state index contributed by atoms with van der Waals surface area (Å²) in [5.74, 6) is -0.0349. The molecule has 1 atom stereocenters. The van der Waals surface area contributed by atoms with Crippen LogP contribution < -0.4 is 5.43 Å². The van der Waals surface area contributed by atoms with Crippen LogP contribution in [-0.4, -0.2) is 37.2 Å². The van der Waals surface area contributed by atoms with Gasteiger partial charge in [-0.05, 0) is 43.3 Å². The summed E-state index contributed by atoms with van der Waals surface area (Å²) in [4.78, 5) is 12.4. The lowest BCUT2D eigenvalue weighted by molar-refractivity contribution is -0.120. The van der Waals surface area contributed by atoms with Gasteiger partial charge in [0.15, 0.2) is 11.0 Å². The van der Waals surface area contributed by atoms with Crippen molar-refractivity contribution < 1.29 is 14.3 Å². The van der Waals surface area contributed by atoms with Crippen LogP contribution in [0.2, 0.25) is 0 Å². The number of hydrazone groups is 1. The number of phenols is 1. The molecule has 2 N–H and O–H groups in total. The van der Waals surface area contributed by atoms with Crippen LogP contribution in [0.4, 0.5) is 4.39 Å². The van der Waals surface area contributed by atoms with Crippen LogP contribution in [0.25, 0.3) is 11.4 Å². The van der Waals surface area contributed by atoms with Crippen molar-refractivity contribution in [3.63, 3.8) is 0 Å². The van der Waals surface area contributed by atoms with Crippen LogP contribution in [0.15, 0.2) is 71.4 Å². The Morgan fingerprint density at radius 1 is 1.30 bits per heavy atom. The molecule has 0 aliphatic rings. The number of benzene rings is 2. The molecular formula is C21H20FN5O2S. The number of aromatic nitrogens is 3. The van der Waals surface area contributed by atoms with Gasteiger partial charge in [0, 0.05) is 17.7 Å². The summed E-state index contributed by atoms with van der Waals surface area (Å²) in [5.41, 5.74) is 3.66. The number of aromatic hydroxyl groups is 1. The first kappa shape index (κ1) is 21.3. The standard InChI is InChI=1S/C21H20FN5O2S/c1-3-12-27-19(15-8-10-17(22)11-9-15)24-26-21(27)30-14(2)20(29)25-23-13-16-6-4-5-7-18(16)28/h3-11,13-14,28H,1,12H2,2H3,(H,25,29)/b23-13-/t14-/m1/s1. The number of carbonyl (C=O) groups is 1. The van der Waals surface area contributed by atoms with Crippen LogP contribution in [0.1, 0.15) is 12.5 Å². The summed E-state index contributed by atoms with van der Waals surface area (Å²) < 4.78 is 15.0. The van der Waals surface area contributed by atoms with Gasteiger partial charge in [0.1, 0.15) is 11.6 Å². The highest BCUT2D eigenvalue weighted by atomic mass is 32.2. The maximum atomic E-state index is 13.2. The number of halogens is 1. The third-order valence-electron chi connectivity index (χ3n) is 4.10. The van der Waals surface area contributed by atoms with Gasteiger partial charge < -0.3 is 5.11 Å². The summed E-state index contributed by atoms with van der Waals surface area (Å²) in [7, 11) is 0. The van der Waals surface area contributed by atoms with Crippen molar-refractivity contribution in [3.05, 3.63) is 72.6 Å². The molecule has 3 aromatic rings. The van der Waals surface area contributed by atoms with Crippen molar-refractivity contribution in [2.45, 2.75) is 23.9 Å². The van der Waals surface area contributed by atoms with Crippen LogP contribution in [0, 0.1) is 5.82 Å². The highest BCUT2D eigenvalue weighted by Gasteiger charge is 2.20. The molecule has 0 radical (unpaired) electrons. The molecule has 30 heavy (non-hydrogen) atoms. The number of hydrogen-bond donors (Lipinski definition) is 2. The Bertz CT molecular complexity index is 1070. The van der Waals surface area contributed by atoms with E-state index in [-0.39, 0.29) is 17.5 Å². The molecule has 1 heterocycles. The van der Waals surface area contributed by atoms with E-state index < -0.39 is 5.25 Å². The largest absolute Gasteiger partial charge is 0.507 e. The Morgan fingerprint density at radius 3 is 2.73 bits per heavy atom. The monoisotopic (exact) mass is 425 g/mol. The zero-order chi connectivity index (χ0) is 21.5. The first-order chi connectivity index (χ1) is 14.5. The summed E-state index contributed by atoms with van der Waals surface area (Å²) in [5, 5.41) is 22.0. The van der Waals surface area contributed by atoms with Crippen LogP contribution in [0.3, 0.4) is 0 Å². The maximum absolute atomic E-state index is 13.2. The molecule has 0 aliphatic carbocycles. The molecular weight excluding hydrogens is 405 g/mol. The number of thioether (sulfide) groups is 1. The Hall–Kier alpha value is -3.46. The van der Waals surface area contributed by atoms with E-state index in [2.05, 4.69) is 27.3 Å². The van der Waals surface area contributed by atoms with Crippen molar-refractivity contribution in [1.82, 2.24) is 20.2 Å². The number of rotatable bonds is 8. The number of phenolic OH excluding ortho intramolecular Hbond substituents is 1. The van der Waals surface area contributed by atoms with E-state index in [4.69, 9.17) is 0 Å². The predicted molar refractivity (Wildman–Crippen MR) is 115 cm³/mol. The molecule has 0 bridgehead atoms. The maximum Gasteiger partial charge on any atom is 0.253 e. The smallest absolute Gasteiger partial charge is 0.253 e. The molecule has 2 aromatic carbocycles. The number of nitrogens with one attached hydrogen (secondary N) is 1. The minimum atomic E-state index is -0.514. The zero-order valence-electron chi connectivity index (χ0n) is 16.2. The van der Waals surface area contributed by atoms with Crippen molar-refractivity contribution >= 4 is 23.9 Å². The second-order valence-electron chi connectivity index (χ2n) is 6.27. The molecule has 9 heteroatoms. The molecule has 3 rings (SSSR count). The molecule has 0 aliphatic heterocycles. The van der Waals surface area contributed by atoms with E-state index in [9.17, 15) is 14.3 Å². The van der Waals surface area contributed by atoms with Crippen molar-refractivity contribution in [1.29, 1.82) is 0 Å². The van der Waals surface area contributed by atoms with Gasteiger partial charge in [-0.3, -0.25) is 9.36 Å². The molecule has 1 aromatic heterocycles. The molecule has 0 saturated heterocycles. The molecule has 1 amide bonds. The van der Waals surface area contributed by atoms with Gasteiger partial charge in [-0.15, -0.1) is 16.8 Å². The molecule has 0 fully saturated rings. The van der Waals surface area contributed by atoms with Gasteiger partial charge in [0.25, 0.3) is 5.91 Å². The van der Waals surface area contributed by atoms with Gasteiger partial charge in [-0.1, -0.05) is 30.0 Å². The average molecular weight is 425 g/mol. The number of amides is 1. The highest BCUT2D eigenvalue weighted by Crippen LogP contribution is 2.27. The van der Waals surface area contributed by atoms with Crippen LogP contribution >= 0.6 is 11.8 Å². The number of carbonyl (C=O) groups excluding carboxylic acids is 1. The molecule has 0 unspecified atom stereocenters. The molecule has 0 saturated carbocycles. The predicted octanol–water partition coefficient (Wildman–Crippen LogP) is 3.61. The number of hydrogen-bond acceptors (Lipinski definition) is 6. The first-order valence-electron chi connectivity index (χ1n) is 9.07. The quantitative estimate of drug-likeness (QED) is 0.249. The van der Waals surface area contributed by atoms with Crippen molar-refractivity contribution in [3.8, 4) is 17.1 Å². The van der Waals surface area contributed by atoms with Crippen molar-refractivity contribution in [2.24, 2.45) is 5.10 Å². The van der Waals surface area contributed by atoms with Gasteiger partial charge >= 0.3 is 0 Å². The third kappa shape index (κ3) is 5.12. The topological polar surface area (TPSA) is 92.4 Å². The fourth-order valence-electron chi connectivity index (χ4n) is 2.55. The number of para-hydroxylation sites is 1. The average Bonchev–Trinajstić information content (AvgIpc) is 3.12. The second kappa shape index (κ2) is 9.84. The van der Waals surface area contributed by atoms with Crippen LogP contribution in [0.5, 0.6) is 5.75 Å². The van der Waals surface area contributed by atoms with Gasteiger partial charge in [-0.2, -0.15) is 5.10 Å². The summed E-state index contributed by atoms with van der Waals surface area (Å²) in [6.07, 6.45) is 3.07. The second-order valence-corrected chi connectivity index (χ2v) is 7.57. The Balaban J connectivity index is 1.70. The fourth-order valence-corrected chi connectivity index (χ4v) is 3.40. The SMILES string of the molecule is C=CCn1c(S[C@H](C)C(=O)N/N=C\c2ccccc2O)nnc1-c1ccc(F)cc1. The van der Waals surface area contributed by atoms with Gasteiger partial charge in [0.05, 0.1) is 11.5 Å². The summed E-state index contributed by atoms with van der Waals surface area (Å²) >= 11 is 1.22.